The predicted octanol–water partition coefficient (Wildman–Crippen LogP) is 5.34. The van der Waals surface area contributed by atoms with Gasteiger partial charge in [0.1, 0.15) is 5.75 Å². The maximum absolute atomic E-state index is 13.5. The number of ether oxygens (including phenoxy) is 2. The number of aromatic nitrogens is 4. The number of aromatic amines is 1. The van der Waals surface area contributed by atoms with Crippen LogP contribution in [0, 0.1) is 5.92 Å². The van der Waals surface area contributed by atoms with Gasteiger partial charge in [-0.25, -0.2) is 4.98 Å². The van der Waals surface area contributed by atoms with Gasteiger partial charge in [0.15, 0.2) is 11.6 Å². The molecule has 0 spiro atoms. The Morgan fingerprint density at radius 1 is 1.02 bits per heavy atom. The van der Waals surface area contributed by atoms with Crippen LogP contribution in [-0.4, -0.2) is 70.4 Å². The molecular weight excluding hydrogens is 566 g/mol. The van der Waals surface area contributed by atoms with Crippen molar-refractivity contribution in [2.24, 2.45) is 5.92 Å². The molecule has 0 saturated carbocycles. The van der Waals surface area contributed by atoms with Gasteiger partial charge in [0.05, 0.1) is 18.2 Å². The van der Waals surface area contributed by atoms with Gasteiger partial charge in [-0.1, -0.05) is 24.3 Å². The number of pyridine rings is 1. The molecule has 45 heavy (non-hydrogen) atoms. The third-order valence-electron chi connectivity index (χ3n) is 9.47. The lowest BCUT2D eigenvalue weighted by Crippen LogP contribution is -2.48. The molecule has 2 atom stereocenters. The summed E-state index contributed by atoms with van der Waals surface area (Å²) >= 11 is 0. The van der Waals surface area contributed by atoms with Gasteiger partial charge in [0.2, 0.25) is 0 Å². The number of anilines is 1. The molecule has 7 rings (SSSR count). The summed E-state index contributed by atoms with van der Waals surface area (Å²) in [6, 6.07) is 19.4. The Labute approximate surface area is 264 Å². The molecule has 4 aromatic rings. The molecule has 1 unspecified atom stereocenters. The van der Waals surface area contributed by atoms with Crippen LogP contribution < -0.4 is 15.4 Å². The van der Waals surface area contributed by atoms with E-state index in [9.17, 15) is 4.79 Å². The van der Waals surface area contributed by atoms with Gasteiger partial charge in [-0.05, 0) is 81.0 Å². The normalized spacial score (nSPS) is 21.3. The van der Waals surface area contributed by atoms with Gasteiger partial charge >= 0.3 is 0 Å². The number of H-pyrrole nitrogens is 1. The average Bonchev–Trinajstić information content (AvgIpc) is 3.61. The zero-order valence-electron chi connectivity index (χ0n) is 25.6. The lowest BCUT2D eigenvalue weighted by molar-refractivity contribution is 0.0447. The Morgan fingerprint density at radius 2 is 1.89 bits per heavy atom. The standard InChI is InChI=1S/C35H41N7O3/c43-33(37-30-13-22-45-31-9-2-1-8-29(30)31)27-6-3-7-28(23-27)39-35(34-38-32(40-41-34)26-10-16-36-17-11-26)14-19-42(20-15-35)18-12-25-5-4-21-44-24-25/h1-3,6-11,16-17,23,25,30,39H,4-5,12-15,18-22,24H2,(H,37,43)(H,38,40,41)/t25?,30-/m0/s1. The first-order chi connectivity index (χ1) is 22.1. The van der Waals surface area contributed by atoms with Crippen LogP contribution in [0.5, 0.6) is 5.75 Å². The average molecular weight is 608 g/mol. The number of carbonyl (C=O) groups is 1. The maximum Gasteiger partial charge on any atom is 0.251 e. The van der Waals surface area contributed by atoms with Crippen LogP contribution >= 0.6 is 0 Å². The lowest BCUT2D eigenvalue weighted by Gasteiger charge is -2.42. The monoisotopic (exact) mass is 607 g/mol. The van der Waals surface area contributed by atoms with Crippen LogP contribution in [0.1, 0.15) is 66.3 Å². The van der Waals surface area contributed by atoms with E-state index in [2.05, 4.69) is 30.7 Å². The fourth-order valence-corrected chi connectivity index (χ4v) is 6.83. The Kier molecular flexibility index (Phi) is 8.75. The van der Waals surface area contributed by atoms with Crippen molar-refractivity contribution in [2.45, 2.75) is 50.1 Å². The summed E-state index contributed by atoms with van der Waals surface area (Å²) in [4.78, 5) is 25.2. The summed E-state index contributed by atoms with van der Waals surface area (Å²) in [6.07, 6.45) is 9.56. The Balaban J connectivity index is 1.09. The number of carbonyl (C=O) groups excluding carboxylic acids is 1. The molecule has 2 aromatic carbocycles. The highest BCUT2D eigenvalue weighted by atomic mass is 16.5. The third kappa shape index (κ3) is 6.72. The number of benzene rings is 2. The molecule has 5 heterocycles. The smallest absolute Gasteiger partial charge is 0.251 e. The third-order valence-corrected chi connectivity index (χ3v) is 9.47. The number of nitrogens with zero attached hydrogens (tertiary/aromatic N) is 4. The zero-order valence-corrected chi connectivity index (χ0v) is 25.6. The van der Waals surface area contributed by atoms with Crippen molar-refractivity contribution >= 4 is 11.6 Å². The Morgan fingerprint density at radius 3 is 2.73 bits per heavy atom. The van der Waals surface area contributed by atoms with E-state index in [4.69, 9.17) is 14.5 Å². The van der Waals surface area contributed by atoms with Crippen LogP contribution in [0.4, 0.5) is 5.69 Å². The number of nitrogens with one attached hydrogen (secondary N) is 3. The molecule has 10 heteroatoms. The number of likely N-dealkylation sites (tertiary alicyclic amines) is 1. The second-order valence-electron chi connectivity index (χ2n) is 12.4. The summed E-state index contributed by atoms with van der Waals surface area (Å²) in [7, 11) is 0. The van der Waals surface area contributed by atoms with E-state index in [0.717, 1.165) is 80.5 Å². The molecule has 10 nitrogen and oxygen atoms in total. The number of fused-ring (bicyclic) bond motifs is 1. The van der Waals surface area contributed by atoms with Crippen molar-refractivity contribution in [1.29, 1.82) is 0 Å². The first-order valence-corrected chi connectivity index (χ1v) is 16.2. The molecule has 3 aliphatic rings. The topological polar surface area (TPSA) is 117 Å². The van der Waals surface area contributed by atoms with Crippen molar-refractivity contribution in [2.75, 3.05) is 44.8 Å². The number of amides is 1. The van der Waals surface area contributed by atoms with Crippen LogP contribution in [-0.2, 0) is 10.3 Å². The first-order valence-electron chi connectivity index (χ1n) is 16.2. The van der Waals surface area contributed by atoms with Crippen molar-refractivity contribution in [3.63, 3.8) is 0 Å². The summed E-state index contributed by atoms with van der Waals surface area (Å²) < 4.78 is 11.5. The summed E-state index contributed by atoms with van der Waals surface area (Å²) in [5.41, 5.74) is 2.97. The van der Waals surface area contributed by atoms with Gasteiger partial charge in [0, 0.05) is 67.5 Å². The molecule has 0 bridgehead atoms. The minimum Gasteiger partial charge on any atom is -0.493 e. The first kappa shape index (κ1) is 29.4. The van der Waals surface area contributed by atoms with Gasteiger partial charge in [0.25, 0.3) is 5.91 Å². The second kappa shape index (κ2) is 13.4. The van der Waals surface area contributed by atoms with Crippen LogP contribution in [0.2, 0.25) is 0 Å². The highest BCUT2D eigenvalue weighted by Crippen LogP contribution is 2.37. The Hall–Kier alpha value is -4.28. The van der Waals surface area contributed by atoms with E-state index >= 15 is 0 Å². The van der Waals surface area contributed by atoms with Crippen LogP contribution in [0.25, 0.3) is 11.4 Å². The summed E-state index contributed by atoms with van der Waals surface area (Å²) in [5.74, 6) is 2.85. The van der Waals surface area contributed by atoms with Gasteiger partial charge in [-0.15, -0.1) is 0 Å². The predicted molar refractivity (Wildman–Crippen MR) is 172 cm³/mol. The number of rotatable bonds is 9. The molecule has 0 aliphatic carbocycles. The fourth-order valence-electron chi connectivity index (χ4n) is 6.83. The van der Waals surface area contributed by atoms with E-state index in [1.54, 1.807) is 12.4 Å². The molecule has 2 fully saturated rings. The van der Waals surface area contributed by atoms with Gasteiger partial charge < -0.3 is 25.0 Å². The van der Waals surface area contributed by atoms with Crippen LogP contribution in [0.3, 0.4) is 0 Å². The molecular formula is C35H41N7O3. The van der Waals surface area contributed by atoms with Crippen molar-refractivity contribution < 1.29 is 14.3 Å². The quantitative estimate of drug-likeness (QED) is 0.234. The molecule has 234 valence electrons. The molecule has 3 N–H and O–H groups in total. The summed E-state index contributed by atoms with van der Waals surface area (Å²) in [5, 5.41) is 14.9. The number of hydrogen-bond acceptors (Lipinski definition) is 8. The molecule has 1 amide bonds. The SMILES string of the molecule is O=C(N[C@H]1CCOc2ccccc21)c1cccc(NC2(c3nc(-c4ccncc4)n[nH]3)CCN(CCC3CCCOC3)CC2)c1. The van der Waals surface area contributed by atoms with E-state index in [1.165, 1.54) is 19.3 Å². The van der Waals surface area contributed by atoms with Crippen molar-refractivity contribution in [3.8, 4) is 17.1 Å². The number of piperidine rings is 1. The van der Waals surface area contributed by atoms with E-state index in [0.29, 0.717) is 23.9 Å². The summed E-state index contributed by atoms with van der Waals surface area (Å²) in [6.45, 7) is 5.33. The molecule has 0 radical (unpaired) electrons. The highest BCUT2D eigenvalue weighted by molar-refractivity contribution is 5.95. The highest BCUT2D eigenvalue weighted by Gasteiger charge is 2.39. The van der Waals surface area contributed by atoms with E-state index in [1.807, 2.05) is 60.7 Å². The van der Waals surface area contributed by atoms with Gasteiger partial charge in [-0.3, -0.25) is 14.9 Å². The van der Waals surface area contributed by atoms with Gasteiger partial charge in [-0.2, -0.15) is 5.10 Å². The Bertz CT molecular complexity index is 1580. The fraction of sp³-hybridized carbons (Fsp3) is 0.429. The second-order valence-corrected chi connectivity index (χ2v) is 12.4. The molecule has 2 saturated heterocycles. The maximum atomic E-state index is 13.5. The van der Waals surface area contributed by atoms with Crippen molar-refractivity contribution in [3.05, 3.63) is 90.0 Å². The number of hydrogen-bond donors (Lipinski definition) is 3. The van der Waals surface area contributed by atoms with E-state index < -0.39 is 5.54 Å². The lowest BCUT2D eigenvalue weighted by atomic mass is 9.85. The van der Waals surface area contributed by atoms with E-state index in [-0.39, 0.29) is 11.9 Å². The van der Waals surface area contributed by atoms with Crippen LogP contribution in [0.15, 0.2) is 73.1 Å². The number of para-hydroxylation sites is 1. The minimum absolute atomic E-state index is 0.0873. The molecule has 2 aromatic heterocycles. The van der Waals surface area contributed by atoms with Crippen molar-refractivity contribution in [1.82, 2.24) is 30.4 Å². The molecule has 3 aliphatic heterocycles. The minimum atomic E-state index is -0.461. The largest absolute Gasteiger partial charge is 0.493 e. The zero-order chi connectivity index (χ0) is 30.5.